The maximum atomic E-state index is 12.4. The lowest BCUT2D eigenvalue weighted by Gasteiger charge is -2.45. The third-order valence-electron chi connectivity index (χ3n) is 8.03. The maximum absolute atomic E-state index is 12.4. The molecule has 0 aromatic heterocycles. The number of hydrogen-bond acceptors (Lipinski definition) is 5. The fourth-order valence-electron chi connectivity index (χ4n) is 7.55. The van der Waals surface area contributed by atoms with Crippen LogP contribution in [0.5, 0.6) is 0 Å². The van der Waals surface area contributed by atoms with Gasteiger partial charge in [0.1, 0.15) is 11.2 Å². The van der Waals surface area contributed by atoms with E-state index in [2.05, 4.69) is 0 Å². The zero-order chi connectivity index (χ0) is 15.7. The standard InChI is InChI=1S/C18H20O5/c1-21-15(19)13-11-6-12(14(13)16(20)22-2)18-10-4-3-9(7-5-8(7)10)17(11,18)23-18/h7-12H,3-6H2,1-2H3/t7-,8+,9-,10-,11+,12+,17+,18-/m0/s1. The summed E-state index contributed by atoms with van der Waals surface area (Å²) >= 11 is 0. The summed E-state index contributed by atoms with van der Waals surface area (Å²) in [7, 11) is 2.78. The predicted octanol–water partition coefficient (Wildman–Crippen LogP) is 1.46. The van der Waals surface area contributed by atoms with Gasteiger partial charge in [0.05, 0.1) is 25.4 Å². The van der Waals surface area contributed by atoms with Crippen LogP contribution >= 0.6 is 0 Å². The zero-order valence-electron chi connectivity index (χ0n) is 13.3. The summed E-state index contributed by atoms with van der Waals surface area (Å²) < 4.78 is 16.6. The Morgan fingerprint density at radius 2 is 1.39 bits per heavy atom. The fraction of sp³-hybridized carbons (Fsp3) is 0.778. The number of fused-ring (bicyclic) bond motifs is 3. The first-order valence-corrected chi connectivity index (χ1v) is 8.72. The van der Waals surface area contributed by atoms with E-state index < -0.39 is 0 Å². The van der Waals surface area contributed by atoms with Gasteiger partial charge in [-0.05, 0) is 49.4 Å². The highest BCUT2D eigenvalue weighted by Crippen LogP contribution is 2.87. The van der Waals surface area contributed by atoms with Crippen molar-refractivity contribution in [1.82, 2.24) is 0 Å². The molecule has 0 spiro atoms. The molecule has 0 N–H and O–H groups in total. The van der Waals surface area contributed by atoms with Crippen molar-refractivity contribution in [2.75, 3.05) is 14.2 Å². The maximum Gasteiger partial charge on any atom is 0.334 e. The molecule has 5 heteroatoms. The molecule has 6 fully saturated rings. The van der Waals surface area contributed by atoms with Crippen LogP contribution in [0.3, 0.4) is 0 Å². The number of esters is 2. The van der Waals surface area contributed by atoms with E-state index in [1.54, 1.807) is 0 Å². The third kappa shape index (κ3) is 1.05. The van der Waals surface area contributed by atoms with Crippen LogP contribution in [0.2, 0.25) is 0 Å². The van der Waals surface area contributed by atoms with Crippen molar-refractivity contribution in [2.24, 2.45) is 35.5 Å². The summed E-state index contributed by atoms with van der Waals surface area (Å²) in [6.45, 7) is 0. The number of ether oxygens (including phenoxy) is 3. The molecule has 6 aliphatic carbocycles. The average molecular weight is 316 g/mol. The van der Waals surface area contributed by atoms with Gasteiger partial charge in [-0.25, -0.2) is 9.59 Å². The summed E-state index contributed by atoms with van der Waals surface area (Å²) in [5.74, 6) is 2.06. The van der Waals surface area contributed by atoms with E-state index in [0.29, 0.717) is 23.0 Å². The number of hydrogen-bond donors (Lipinski definition) is 0. The lowest BCUT2D eigenvalue weighted by Crippen LogP contribution is -2.54. The number of epoxide rings is 1. The first-order chi connectivity index (χ1) is 11.1. The van der Waals surface area contributed by atoms with Gasteiger partial charge >= 0.3 is 11.9 Å². The molecule has 0 radical (unpaired) electrons. The van der Waals surface area contributed by atoms with Gasteiger partial charge in [0.15, 0.2) is 0 Å². The second-order valence-corrected chi connectivity index (χ2v) is 8.19. The smallest absolute Gasteiger partial charge is 0.334 e. The second-order valence-electron chi connectivity index (χ2n) is 8.19. The fourth-order valence-corrected chi connectivity index (χ4v) is 7.55. The van der Waals surface area contributed by atoms with Crippen molar-refractivity contribution >= 4 is 11.9 Å². The molecule has 1 aliphatic heterocycles. The average Bonchev–Trinajstić information content (AvgIpc) is 3.46. The lowest BCUT2D eigenvalue weighted by molar-refractivity contribution is -0.140. The summed E-state index contributed by atoms with van der Waals surface area (Å²) in [5, 5.41) is 0. The Balaban J connectivity index is 1.55. The molecule has 7 rings (SSSR count). The molecule has 5 saturated carbocycles. The van der Waals surface area contributed by atoms with Crippen LogP contribution in [-0.4, -0.2) is 37.4 Å². The summed E-state index contributed by atoms with van der Waals surface area (Å²) in [6.07, 6.45) is 4.63. The summed E-state index contributed by atoms with van der Waals surface area (Å²) in [6, 6.07) is 0. The molecular weight excluding hydrogens is 296 g/mol. The molecule has 0 amide bonds. The van der Waals surface area contributed by atoms with Crippen molar-refractivity contribution < 1.29 is 23.8 Å². The van der Waals surface area contributed by atoms with E-state index in [9.17, 15) is 9.59 Å². The monoisotopic (exact) mass is 316 g/mol. The van der Waals surface area contributed by atoms with Gasteiger partial charge in [-0.2, -0.15) is 0 Å². The quantitative estimate of drug-likeness (QED) is 0.570. The molecule has 8 atom stereocenters. The number of rotatable bonds is 2. The van der Waals surface area contributed by atoms with Crippen LogP contribution < -0.4 is 0 Å². The Hall–Kier alpha value is -1.36. The molecule has 23 heavy (non-hydrogen) atoms. The lowest BCUT2D eigenvalue weighted by atomic mass is 9.54. The highest BCUT2D eigenvalue weighted by molar-refractivity contribution is 6.03. The van der Waals surface area contributed by atoms with Crippen molar-refractivity contribution in [1.29, 1.82) is 0 Å². The van der Waals surface area contributed by atoms with E-state index in [-0.39, 0.29) is 35.0 Å². The van der Waals surface area contributed by atoms with E-state index in [1.807, 2.05) is 0 Å². The molecular formula is C18H20O5. The van der Waals surface area contributed by atoms with Crippen LogP contribution in [0.1, 0.15) is 25.7 Å². The van der Waals surface area contributed by atoms with Crippen LogP contribution in [0.4, 0.5) is 0 Å². The molecule has 5 nitrogen and oxygen atoms in total. The summed E-state index contributed by atoms with van der Waals surface area (Å²) in [4.78, 5) is 24.8. The molecule has 0 aromatic rings. The van der Waals surface area contributed by atoms with E-state index >= 15 is 0 Å². The van der Waals surface area contributed by atoms with E-state index in [1.165, 1.54) is 33.5 Å². The van der Waals surface area contributed by atoms with Gasteiger partial charge in [0.25, 0.3) is 0 Å². The van der Waals surface area contributed by atoms with Gasteiger partial charge < -0.3 is 14.2 Å². The Labute approximate surface area is 134 Å². The van der Waals surface area contributed by atoms with E-state index in [0.717, 1.165) is 18.3 Å². The summed E-state index contributed by atoms with van der Waals surface area (Å²) in [5.41, 5.74) is 0.780. The predicted molar refractivity (Wildman–Crippen MR) is 77.0 cm³/mol. The number of methoxy groups -OCH3 is 2. The van der Waals surface area contributed by atoms with Gasteiger partial charge in [-0.15, -0.1) is 0 Å². The molecule has 0 aromatic carbocycles. The largest absolute Gasteiger partial charge is 0.466 e. The third-order valence-corrected chi connectivity index (χ3v) is 8.03. The SMILES string of the molecule is COC(=O)C1=C(C(=O)OC)[C@H]2C[C@H]1[C@]13O[C@]21[C@H]1CC[C@H]3[C@@H]2C[C@@H]21. The molecule has 4 bridgehead atoms. The van der Waals surface area contributed by atoms with E-state index in [4.69, 9.17) is 14.2 Å². The van der Waals surface area contributed by atoms with Crippen LogP contribution in [0.25, 0.3) is 0 Å². The minimum absolute atomic E-state index is 0.0309. The first-order valence-electron chi connectivity index (χ1n) is 8.72. The van der Waals surface area contributed by atoms with Crippen molar-refractivity contribution in [2.45, 2.75) is 36.9 Å². The minimum Gasteiger partial charge on any atom is -0.466 e. The number of carbonyl (C=O) groups excluding carboxylic acids is 2. The Kier molecular flexibility index (Phi) is 1.98. The topological polar surface area (TPSA) is 65.1 Å². The molecule has 1 heterocycles. The van der Waals surface area contributed by atoms with Gasteiger partial charge in [-0.3, -0.25) is 0 Å². The zero-order valence-corrected chi connectivity index (χ0v) is 13.3. The van der Waals surface area contributed by atoms with Crippen molar-refractivity contribution in [3.63, 3.8) is 0 Å². The van der Waals surface area contributed by atoms with Crippen LogP contribution in [0.15, 0.2) is 11.1 Å². The molecule has 122 valence electrons. The van der Waals surface area contributed by atoms with Gasteiger partial charge in [-0.1, -0.05) is 0 Å². The Morgan fingerprint density at radius 3 is 1.83 bits per heavy atom. The Bertz CT molecular complexity index is 654. The first kappa shape index (κ1) is 13.0. The minimum atomic E-state index is -0.370. The van der Waals surface area contributed by atoms with Gasteiger partial charge in [0, 0.05) is 11.8 Å². The number of carbonyl (C=O) groups is 2. The molecule has 0 unspecified atom stereocenters. The van der Waals surface area contributed by atoms with Crippen molar-refractivity contribution in [3.05, 3.63) is 11.1 Å². The van der Waals surface area contributed by atoms with Crippen molar-refractivity contribution in [3.8, 4) is 0 Å². The van der Waals surface area contributed by atoms with Gasteiger partial charge in [0.2, 0.25) is 0 Å². The second kappa shape index (κ2) is 3.51. The normalized spacial score (nSPS) is 55.9. The highest BCUT2D eigenvalue weighted by Gasteiger charge is 2.94. The Morgan fingerprint density at radius 1 is 0.913 bits per heavy atom. The molecule has 7 aliphatic rings. The van der Waals surface area contributed by atoms with Crippen LogP contribution in [-0.2, 0) is 23.8 Å². The van der Waals surface area contributed by atoms with Crippen LogP contribution in [0, 0.1) is 35.5 Å². The molecule has 1 saturated heterocycles. The highest BCUT2D eigenvalue weighted by atomic mass is 16.6.